The molecule has 0 radical (unpaired) electrons. The largest absolute Gasteiger partial charge is 0.497 e. The maximum absolute atomic E-state index is 12.4. The summed E-state index contributed by atoms with van der Waals surface area (Å²) in [6.45, 7) is -2.78. The minimum absolute atomic E-state index is 0.0572. The maximum atomic E-state index is 12.4. The van der Waals surface area contributed by atoms with E-state index < -0.39 is 6.61 Å². The molecule has 2 aromatic carbocycles. The number of rotatable bonds is 9. The third-order valence-corrected chi connectivity index (χ3v) is 4.24. The average Bonchev–Trinajstić information content (AvgIpc) is 2.62. The molecule has 0 saturated heterocycles. The molecular formula is C19H20BrF2NO3. The predicted molar refractivity (Wildman–Crippen MR) is 98.6 cm³/mol. The Morgan fingerprint density at radius 2 is 1.92 bits per heavy atom. The van der Waals surface area contributed by atoms with Crippen molar-refractivity contribution in [2.45, 2.75) is 32.4 Å². The Labute approximate surface area is 159 Å². The Balaban J connectivity index is 1.80. The van der Waals surface area contributed by atoms with Crippen LogP contribution in [-0.2, 0) is 17.8 Å². The van der Waals surface area contributed by atoms with Crippen LogP contribution in [0.4, 0.5) is 8.78 Å². The second kappa shape index (κ2) is 10.1. The minimum atomic E-state index is -2.91. The van der Waals surface area contributed by atoms with Gasteiger partial charge in [0.15, 0.2) is 0 Å². The molecule has 1 amide bonds. The highest BCUT2D eigenvalue weighted by molar-refractivity contribution is 9.10. The van der Waals surface area contributed by atoms with Crippen molar-refractivity contribution in [3.05, 3.63) is 58.1 Å². The molecule has 0 spiro atoms. The van der Waals surface area contributed by atoms with Crippen molar-refractivity contribution in [3.8, 4) is 11.5 Å². The van der Waals surface area contributed by atoms with E-state index in [0.717, 1.165) is 22.2 Å². The Morgan fingerprint density at radius 3 is 2.58 bits per heavy atom. The number of ether oxygens (including phenoxy) is 2. The van der Waals surface area contributed by atoms with Crippen LogP contribution in [0.15, 0.2) is 46.9 Å². The van der Waals surface area contributed by atoms with Gasteiger partial charge in [-0.25, -0.2) is 0 Å². The summed E-state index contributed by atoms with van der Waals surface area (Å²) < 4.78 is 35.2. The van der Waals surface area contributed by atoms with E-state index in [0.29, 0.717) is 18.4 Å². The van der Waals surface area contributed by atoms with E-state index >= 15 is 0 Å². The van der Waals surface area contributed by atoms with E-state index in [1.54, 1.807) is 19.2 Å². The molecule has 1 N–H and O–H groups in total. The number of alkyl halides is 2. The van der Waals surface area contributed by atoms with Gasteiger partial charge in [0.1, 0.15) is 11.5 Å². The standard InChI is InChI=1S/C19H20BrF2NO3/c1-25-16-8-5-13(6-9-16)3-2-4-18(24)23-12-14-11-15(20)7-10-17(14)26-19(21)22/h5-11,19H,2-4,12H2,1H3,(H,23,24). The molecule has 0 unspecified atom stereocenters. The van der Waals surface area contributed by atoms with Crippen LogP contribution in [0.3, 0.4) is 0 Å². The summed E-state index contributed by atoms with van der Waals surface area (Å²) >= 11 is 3.28. The molecule has 0 aliphatic rings. The monoisotopic (exact) mass is 427 g/mol. The molecule has 0 aliphatic carbocycles. The molecular weight excluding hydrogens is 408 g/mol. The van der Waals surface area contributed by atoms with Gasteiger partial charge in [-0.05, 0) is 48.7 Å². The SMILES string of the molecule is COc1ccc(CCCC(=O)NCc2cc(Br)ccc2OC(F)F)cc1. The van der Waals surface area contributed by atoms with Crippen LogP contribution in [0.2, 0.25) is 0 Å². The molecule has 140 valence electrons. The first-order valence-electron chi connectivity index (χ1n) is 8.11. The van der Waals surface area contributed by atoms with Crippen LogP contribution < -0.4 is 14.8 Å². The Morgan fingerprint density at radius 1 is 1.19 bits per heavy atom. The first kappa shape index (κ1) is 20.2. The van der Waals surface area contributed by atoms with Crippen molar-refractivity contribution in [1.82, 2.24) is 5.32 Å². The van der Waals surface area contributed by atoms with Gasteiger partial charge >= 0.3 is 6.61 Å². The minimum Gasteiger partial charge on any atom is -0.497 e. The van der Waals surface area contributed by atoms with Crippen LogP contribution in [0, 0.1) is 0 Å². The van der Waals surface area contributed by atoms with Crippen LogP contribution in [0.5, 0.6) is 11.5 Å². The molecule has 0 heterocycles. The topological polar surface area (TPSA) is 47.6 Å². The molecule has 7 heteroatoms. The zero-order chi connectivity index (χ0) is 18.9. The maximum Gasteiger partial charge on any atom is 0.387 e. The van der Waals surface area contributed by atoms with Crippen molar-refractivity contribution >= 4 is 21.8 Å². The number of aryl methyl sites for hydroxylation is 1. The molecule has 2 aromatic rings. The van der Waals surface area contributed by atoms with Crippen LogP contribution in [-0.4, -0.2) is 19.6 Å². The molecule has 4 nitrogen and oxygen atoms in total. The molecule has 26 heavy (non-hydrogen) atoms. The van der Waals surface area contributed by atoms with Gasteiger partial charge < -0.3 is 14.8 Å². The molecule has 0 aliphatic heterocycles. The first-order chi connectivity index (χ1) is 12.5. The highest BCUT2D eigenvalue weighted by Gasteiger charge is 2.11. The normalized spacial score (nSPS) is 10.7. The van der Waals surface area contributed by atoms with E-state index in [-0.39, 0.29) is 18.2 Å². The highest BCUT2D eigenvalue weighted by Crippen LogP contribution is 2.24. The number of carbonyl (C=O) groups excluding carboxylic acids is 1. The van der Waals surface area contributed by atoms with Crippen molar-refractivity contribution in [2.24, 2.45) is 0 Å². The number of benzene rings is 2. The number of nitrogens with one attached hydrogen (secondary N) is 1. The van der Waals surface area contributed by atoms with Gasteiger partial charge in [-0.1, -0.05) is 28.1 Å². The summed E-state index contributed by atoms with van der Waals surface area (Å²) in [5, 5.41) is 2.74. The second-order valence-corrected chi connectivity index (χ2v) is 6.52. The fraction of sp³-hybridized carbons (Fsp3) is 0.316. The highest BCUT2D eigenvalue weighted by atomic mass is 79.9. The van der Waals surface area contributed by atoms with Crippen LogP contribution in [0.25, 0.3) is 0 Å². The predicted octanol–water partition coefficient (Wildman–Crippen LogP) is 4.70. The lowest BCUT2D eigenvalue weighted by atomic mass is 10.1. The number of methoxy groups -OCH3 is 1. The zero-order valence-corrected chi connectivity index (χ0v) is 15.9. The molecule has 2 rings (SSSR count). The third-order valence-electron chi connectivity index (χ3n) is 3.74. The van der Waals surface area contributed by atoms with E-state index in [1.165, 1.54) is 6.07 Å². The third kappa shape index (κ3) is 6.63. The van der Waals surface area contributed by atoms with Gasteiger partial charge in [-0.3, -0.25) is 4.79 Å². The van der Waals surface area contributed by atoms with Gasteiger partial charge in [-0.2, -0.15) is 8.78 Å². The quantitative estimate of drug-likeness (QED) is 0.630. The van der Waals surface area contributed by atoms with E-state index in [1.807, 2.05) is 24.3 Å². The summed E-state index contributed by atoms with van der Waals surface area (Å²) in [4.78, 5) is 12.0. The van der Waals surface area contributed by atoms with Crippen molar-refractivity contribution in [1.29, 1.82) is 0 Å². The number of amides is 1. The van der Waals surface area contributed by atoms with Crippen molar-refractivity contribution in [2.75, 3.05) is 7.11 Å². The molecule has 0 saturated carbocycles. The fourth-order valence-corrected chi connectivity index (χ4v) is 2.83. The van der Waals surface area contributed by atoms with Gasteiger partial charge in [0.05, 0.1) is 7.11 Å². The lowest BCUT2D eigenvalue weighted by molar-refractivity contribution is -0.121. The molecule has 0 aromatic heterocycles. The second-order valence-electron chi connectivity index (χ2n) is 5.61. The Kier molecular flexibility index (Phi) is 7.84. The molecule has 0 atom stereocenters. The van der Waals surface area contributed by atoms with E-state index in [2.05, 4.69) is 26.0 Å². The summed E-state index contributed by atoms with van der Waals surface area (Å²) in [5.74, 6) is 0.713. The smallest absolute Gasteiger partial charge is 0.387 e. The van der Waals surface area contributed by atoms with Gasteiger partial charge in [-0.15, -0.1) is 0 Å². The van der Waals surface area contributed by atoms with E-state index in [4.69, 9.17) is 4.74 Å². The van der Waals surface area contributed by atoms with Gasteiger partial charge in [0.2, 0.25) is 5.91 Å². The zero-order valence-electron chi connectivity index (χ0n) is 14.3. The summed E-state index contributed by atoms with van der Waals surface area (Å²) in [7, 11) is 1.61. The number of halogens is 3. The first-order valence-corrected chi connectivity index (χ1v) is 8.90. The Bertz CT molecular complexity index is 723. The number of carbonyl (C=O) groups is 1. The van der Waals surface area contributed by atoms with Crippen LogP contribution >= 0.6 is 15.9 Å². The van der Waals surface area contributed by atoms with Crippen molar-refractivity contribution < 1.29 is 23.0 Å². The number of hydrogen-bond acceptors (Lipinski definition) is 3. The van der Waals surface area contributed by atoms with E-state index in [9.17, 15) is 13.6 Å². The number of hydrogen-bond donors (Lipinski definition) is 1. The summed E-state index contributed by atoms with van der Waals surface area (Å²) in [6, 6.07) is 12.4. The lowest BCUT2D eigenvalue weighted by Gasteiger charge is -2.12. The molecule has 0 fully saturated rings. The molecule has 0 bridgehead atoms. The van der Waals surface area contributed by atoms with Crippen LogP contribution in [0.1, 0.15) is 24.0 Å². The Hall–Kier alpha value is -2.15. The van der Waals surface area contributed by atoms with Gasteiger partial charge in [0.25, 0.3) is 0 Å². The fourth-order valence-electron chi connectivity index (χ4n) is 2.42. The summed E-state index contributed by atoms with van der Waals surface area (Å²) in [5.41, 5.74) is 1.61. The van der Waals surface area contributed by atoms with Gasteiger partial charge in [0, 0.05) is 23.0 Å². The summed E-state index contributed by atoms with van der Waals surface area (Å²) in [6.07, 6.45) is 1.82. The lowest BCUT2D eigenvalue weighted by Crippen LogP contribution is -2.23. The average molecular weight is 428 g/mol. The van der Waals surface area contributed by atoms with Crippen molar-refractivity contribution in [3.63, 3.8) is 0 Å².